The van der Waals surface area contributed by atoms with Gasteiger partial charge in [-0.1, -0.05) is 58.9 Å². The summed E-state index contributed by atoms with van der Waals surface area (Å²) in [6, 6.07) is 14.4. The van der Waals surface area contributed by atoms with E-state index < -0.39 is 12.0 Å². The molecule has 1 amide bonds. The first kappa shape index (κ1) is 23.5. The molecule has 0 aliphatic rings. The summed E-state index contributed by atoms with van der Waals surface area (Å²) in [6.07, 6.45) is 0. The summed E-state index contributed by atoms with van der Waals surface area (Å²) in [5, 5.41) is 2.80. The molecule has 30 heavy (non-hydrogen) atoms. The molecule has 2 aromatic rings. The fourth-order valence-electron chi connectivity index (χ4n) is 2.94. The Bertz CT molecular complexity index is 850. The van der Waals surface area contributed by atoms with E-state index in [9.17, 15) is 9.59 Å². The van der Waals surface area contributed by atoms with E-state index in [1.807, 2.05) is 57.2 Å². The smallest absolute Gasteiger partial charge is 0.329 e. The lowest BCUT2D eigenvalue weighted by atomic mass is 9.86. The van der Waals surface area contributed by atoms with Crippen LogP contribution in [0.4, 0.5) is 0 Å². The lowest BCUT2D eigenvalue weighted by Crippen LogP contribution is -2.45. The Morgan fingerprint density at radius 3 is 2.23 bits per heavy atom. The second-order valence-electron chi connectivity index (χ2n) is 8.85. The highest BCUT2D eigenvalue weighted by Gasteiger charge is 2.26. The Labute approximate surface area is 179 Å². The number of rotatable bonds is 8. The lowest BCUT2D eigenvalue weighted by molar-refractivity contribution is -0.147. The van der Waals surface area contributed by atoms with Crippen molar-refractivity contribution in [2.75, 3.05) is 13.2 Å². The molecule has 0 aromatic heterocycles. The van der Waals surface area contributed by atoms with Gasteiger partial charge in [-0.2, -0.15) is 0 Å². The fraction of sp³-hybridized carbons (Fsp3) is 0.440. The van der Waals surface area contributed by atoms with Crippen molar-refractivity contribution in [3.05, 3.63) is 65.2 Å². The molecule has 0 fully saturated rings. The zero-order chi connectivity index (χ0) is 22.3. The third kappa shape index (κ3) is 6.90. The highest BCUT2D eigenvalue weighted by molar-refractivity contribution is 5.96. The number of amides is 1. The van der Waals surface area contributed by atoms with Gasteiger partial charge in [0.2, 0.25) is 0 Å². The summed E-state index contributed by atoms with van der Waals surface area (Å²) in [7, 11) is 0. The molecule has 0 unspecified atom stereocenters. The standard InChI is InChI=1S/C25H33NO4/c1-17(2)22(24(28)30-15-14-29-21-9-7-8-18(3)16-21)26-23(27)19-10-12-20(13-11-19)25(4,5)6/h7-13,16-17,22H,14-15H2,1-6H3,(H,26,27)/t22-/m0/s1. The molecule has 0 radical (unpaired) electrons. The number of carbonyl (C=O) groups is 2. The van der Waals surface area contributed by atoms with Crippen LogP contribution in [-0.2, 0) is 14.9 Å². The second-order valence-corrected chi connectivity index (χ2v) is 8.85. The van der Waals surface area contributed by atoms with Gasteiger partial charge in [0.1, 0.15) is 25.0 Å². The fourth-order valence-corrected chi connectivity index (χ4v) is 2.94. The normalized spacial score (nSPS) is 12.4. The van der Waals surface area contributed by atoms with Crippen molar-refractivity contribution in [1.82, 2.24) is 5.32 Å². The average molecular weight is 412 g/mol. The minimum atomic E-state index is -0.723. The molecule has 0 spiro atoms. The molecular weight excluding hydrogens is 378 g/mol. The molecule has 1 atom stereocenters. The van der Waals surface area contributed by atoms with Crippen LogP contribution in [0.2, 0.25) is 0 Å². The van der Waals surface area contributed by atoms with Gasteiger partial charge >= 0.3 is 5.97 Å². The van der Waals surface area contributed by atoms with Crippen molar-refractivity contribution in [2.45, 2.75) is 53.0 Å². The van der Waals surface area contributed by atoms with E-state index in [4.69, 9.17) is 9.47 Å². The third-order valence-corrected chi connectivity index (χ3v) is 4.81. The summed E-state index contributed by atoms with van der Waals surface area (Å²) >= 11 is 0. The van der Waals surface area contributed by atoms with E-state index >= 15 is 0 Å². The van der Waals surface area contributed by atoms with Crippen LogP contribution in [0.5, 0.6) is 5.75 Å². The maximum Gasteiger partial charge on any atom is 0.329 e. The van der Waals surface area contributed by atoms with Crippen molar-refractivity contribution < 1.29 is 19.1 Å². The van der Waals surface area contributed by atoms with Crippen molar-refractivity contribution in [3.8, 4) is 5.75 Å². The summed E-state index contributed by atoms with van der Waals surface area (Å²) in [5.41, 5.74) is 2.78. The number of ether oxygens (including phenoxy) is 2. The van der Waals surface area contributed by atoms with Crippen molar-refractivity contribution in [3.63, 3.8) is 0 Å². The van der Waals surface area contributed by atoms with Crippen molar-refractivity contribution >= 4 is 11.9 Å². The van der Waals surface area contributed by atoms with Gasteiger partial charge < -0.3 is 14.8 Å². The molecule has 0 saturated heterocycles. The molecule has 0 aliphatic carbocycles. The maximum atomic E-state index is 12.6. The first-order valence-electron chi connectivity index (χ1n) is 10.4. The molecule has 2 aromatic carbocycles. The molecule has 5 heteroatoms. The number of carbonyl (C=O) groups excluding carboxylic acids is 2. The quantitative estimate of drug-likeness (QED) is 0.506. The predicted molar refractivity (Wildman–Crippen MR) is 119 cm³/mol. The van der Waals surface area contributed by atoms with Crippen LogP contribution in [0.1, 0.15) is 56.1 Å². The Morgan fingerprint density at radius 2 is 1.67 bits per heavy atom. The first-order valence-corrected chi connectivity index (χ1v) is 10.4. The van der Waals surface area contributed by atoms with Crippen LogP contribution in [0.25, 0.3) is 0 Å². The highest BCUT2D eigenvalue weighted by atomic mass is 16.6. The number of aryl methyl sites for hydroxylation is 1. The molecule has 0 saturated carbocycles. The molecule has 162 valence electrons. The Hall–Kier alpha value is -2.82. The Balaban J connectivity index is 1.89. The van der Waals surface area contributed by atoms with Crippen LogP contribution in [-0.4, -0.2) is 31.1 Å². The molecule has 2 rings (SSSR count). The SMILES string of the molecule is Cc1cccc(OCCOC(=O)[C@@H](NC(=O)c2ccc(C(C)(C)C)cc2)C(C)C)c1. The molecule has 0 aliphatic heterocycles. The zero-order valence-electron chi connectivity index (χ0n) is 18.8. The number of esters is 1. The van der Waals surface area contributed by atoms with E-state index in [0.717, 1.165) is 16.9 Å². The molecular formula is C25H33NO4. The molecule has 0 heterocycles. The Kier molecular flexibility index (Phi) is 8.04. The van der Waals surface area contributed by atoms with Crippen LogP contribution < -0.4 is 10.1 Å². The van der Waals surface area contributed by atoms with Crippen LogP contribution in [0, 0.1) is 12.8 Å². The number of nitrogens with one attached hydrogen (secondary N) is 1. The molecule has 1 N–H and O–H groups in total. The summed E-state index contributed by atoms with van der Waals surface area (Å²) in [6.45, 7) is 12.5. The van der Waals surface area contributed by atoms with E-state index in [1.165, 1.54) is 0 Å². The van der Waals surface area contributed by atoms with E-state index in [-0.39, 0.29) is 30.5 Å². The molecule has 0 bridgehead atoms. The second kappa shape index (κ2) is 10.3. The third-order valence-electron chi connectivity index (χ3n) is 4.81. The monoisotopic (exact) mass is 411 g/mol. The first-order chi connectivity index (χ1) is 14.1. The van der Waals surface area contributed by atoms with Gasteiger partial charge in [0.25, 0.3) is 5.91 Å². The summed E-state index contributed by atoms with van der Waals surface area (Å²) in [5.74, 6) is -0.119. The van der Waals surface area contributed by atoms with Crippen LogP contribution >= 0.6 is 0 Å². The van der Waals surface area contributed by atoms with E-state index in [0.29, 0.717) is 5.56 Å². The van der Waals surface area contributed by atoms with Crippen LogP contribution in [0.15, 0.2) is 48.5 Å². The minimum Gasteiger partial charge on any atom is -0.490 e. The largest absolute Gasteiger partial charge is 0.490 e. The number of hydrogen-bond acceptors (Lipinski definition) is 4. The van der Waals surface area contributed by atoms with Gasteiger partial charge in [-0.3, -0.25) is 4.79 Å². The maximum absolute atomic E-state index is 12.6. The van der Waals surface area contributed by atoms with Crippen molar-refractivity contribution in [2.24, 2.45) is 5.92 Å². The van der Waals surface area contributed by atoms with Gasteiger partial charge in [0.05, 0.1) is 0 Å². The molecule has 5 nitrogen and oxygen atoms in total. The van der Waals surface area contributed by atoms with Gasteiger partial charge in [-0.25, -0.2) is 4.79 Å². The Morgan fingerprint density at radius 1 is 1.00 bits per heavy atom. The number of benzene rings is 2. The predicted octanol–water partition coefficient (Wildman–Crippen LogP) is 4.67. The van der Waals surface area contributed by atoms with E-state index in [1.54, 1.807) is 12.1 Å². The topological polar surface area (TPSA) is 64.6 Å². The van der Waals surface area contributed by atoms with Crippen molar-refractivity contribution in [1.29, 1.82) is 0 Å². The van der Waals surface area contributed by atoms with Crippen LogP contribution in [0.3, 0.4) is 0 Å². The summed E-state index contributed by atoms with van der Waals surface area (Å²) < 4.78 is 10.9. The lowest BCUT2D eigenvalue weighted by Gasteiger charge is -2.22. The van der Waals surface area contributed by atoms with Gasteiger partial charge in [-0.05, 0) is 53.6 Å². The van der Waals surface area contributed by atoms with E-state index in [2.05, 4.69) is 26.1 Å². The van der Waals surface area contributed by atoms with Gasteiger partial charge in [-0.15, -0.1) is 0 Å². The summed E-state index contributed by atoms with van der Waals surface area (Å²) in [4.78, 5) is 25.1. The zero-order valence-corrected chi connectivity index (χ0v) is 18.8. The number of hydrogen-bond donors (Lipinski definition) is 1. The van der Waals surface area contributed by atoms with Gasteiger partial charge in [0.15, 0.2) is 0 Å². The highest BCUT2D eigenvalue weighted by Crippen LogP contribution is 2.22. The average Bonchev–Trinajstić information content (AvgIpc) is 2.68. The minimum absolute atomic E-state index is 0.0137. The van der Waals surface area contributed by atoms with Gasteiger partial charge in [0, 0.05) is 5.56 Å².